The Labute approximate surface area is 123 Å². The Morgan fingerprint density at radius 2 is 1.45 bits per heavy atom. The van der Waals surface area contributed by atoms with Gasteiger partial charge < -0.3 is 9.68 Å². The Balaban J connectivity index is 1.85. The Morgan fingerprint density at radius 3 is 1.91 bits per heavy atom. The van der Waals surface area contributed by atoms with Gasteiger partial charge in [-0.1, -0.05) is 6.92 Å². The highest BCUT2D eigenvalue weighted by Crippen LogP contribution is 2.19. The molecular formula is C12H12N2O8. The van der Waals surface area contributed by atoms with Crippen molar-refractivity contribution in [1.82, 2.24) is 10.1 Å². The standard InChI is InChI=1S/C12H12N2O8/c1-6-4-9(17)14(12(6)20)22-11(19)5-10(18)21-13-7(15)2-3-8(13)16/h6H,2-5H2,1H3. The van der Waals surface area contributed by atoms with E-state index in [9.17, 15) is 28.8 Å². The number of hydrogen-bond donors (Lipinski definition) is 0. The van der Waals surface area contributed by atoms with Crippen molar-refractivity contribution in [2.45, 2.75) is 32.6 Å². The van der Waals surface area contributed by atoms with E-state index in [0.717, 1.165) is 0 Å². The molecule has 2 saturated heterocycles. The summed E-state index contributed by atoms with van der Waals surface area (Å²) < 4.78 is 0. The van der Waals surface area contributed by atoms with Gasteiger partial charge in [0.05, 0.1) is 0 Å². The summed E-state index contributed by atoms with van der Waals surface area (Å²) >= 11 is 0. The first-order chi connectivity index (χ1) is 10.3. The van der Waals surface area contributed by atoms with Crippen molar-refractivity contribution in [2.24, 2.45) is 5.92 Å². The fourth-order valence-corrected chi connectivity index (χ4v) is 1.90. The monoisotopic (exact) mass is 312 g/mol. The quantitative estimate of drug-likeness (QED) is 0.469. The van der Waals surface area contributed by atoms with Gasteiger partial charge in [0.1, 0.15) is 6.42 Å². The Kier molecular flexibility index (Phi) is 4.20. The molecule has 10 heteroatoms. The minimum absolute atomic E-state index is 0.0781. The maximum absolute atomic E-state index is 11.5. The largest absolute Gasteiger partial charge is 0.344 e. The SMILES string of the molecule is CC1CC(=O)N(OC(=O)CC(=O)ON2C(=O)CCC2=O)C1=O. The summed E-state index contributed by atoms with van der Waals surface area (Å²) in [6.45, 7) is 1.49. The molecule has 118 valence electrons. The molecule has 1 unspecified atom stereocenters. The second kappa shape index (κ2) is 5.92. The average Bonchev–Trinajstić information content (AvgIpc) is 2.86. The smallest absolute Gasteiger partial charge is 0.330 e. The summed E-state index contributed by atoms with van der Waals surface area (Å²) in [6, 6.07) is 0. The van der Waals surface area contributed by atoms with Crippen LogP contribution in [0.4, 0.5) is 0 Å². The van der Waals surface area contributed by atoms with Crippen LogP contribution in [0.25, 0.3) is 0 Å². The van der Waals surface area contributed by atoms with E-state index in [-0.39, 0.29) is 24.3 Å². The molecule has 0 saturated carbocycles. The van der Waals surface area contributed by atoms with Gasteiger partial charge in [0.2, 0.25) is 0 Å². The Bertz CT molecular complexity index is 568. The van der Waals surface area contributed by atoms with Gasteiger partial charge in [0, 0.05) is 25.2 Å². The fourth-order valence-electron chi connectivity index (χ4n) is 1.90. The summed E-state index contributed by atoms with van der Waals surface area (Å²) in [5.74, 6) is -5.77. The third-order valence-electron chi connectivity index (χ3n) is 3.01. The van der Waals surface area contributed by atoms with E-state index in [1.54, 1.807) is 0 Å². The Hall–Kier alpha value is -2.78. The zero-order valence-electron chi connectivity index (χ0n) is 11.6. The summed E-state index contributed by atoms with van der Waals surface area (Å²) in [6.07, 6.45) is -1.20. The van der Waals surface area contributed by atoms with Crippen LogP contribution in [-0.4, -0.2) is 45.7 Å². The van der Waals surface area contributed by atoms with Crippen LogP contribution in [0.2, 0.25) is 0 Å². The predicted molar refractivity (Wildman–Crippen MR) is 63.5 cm³/mol. The highest BCUT2D eigenvalue weighted by atomic mass is 16.7. The van der Waals surface area contributed by atoms with E-state index in [4.69, 9.17) is 0 Å². The van der Waals surface area contributed by atoms with Gasteiger partial charge in [-0.3, -0.25) is 19.2 Å². The molecule has 0 aromatic heterocycles. The van der Waals surface area contributed by atoms with E-state index in [2.05, 4.69) is 9.68 Å². The van der Waals surface area contributed by atoms with Crippen LogP contribution < -0.4 is 0 Å². The molecule has 10 nitrogen and oxygen atoms in total. The number of nitrogens with zero attached hydrogens (tertiary/aromatic N) is 2. The molecule has 2 aliphatic heterocycles. The van der Waals surface area contributed by atoms with Gasteiger partial charge in [-0.25, -0.2) is 9.59 Å². The molecular weight excluding hydrogens is 300 g/mol. The lowest BCUT2D eigenvalue weighted by Crippen LogP contribution is -2.36. The summed E-state index contributed by atoms with van der Waals surface area (Å²) in [4.78, 5) is 77.2. The number of hydroxylamine groups is 4. The lowest BCUT2D eigenvalue weighted by atomic mass is 10.1. The first kappa shape index (κ1) is 15.6. The fraction of sp³-hybridized carbons (Fsp3) is 0.500. The van der Waals surface area contributed by atoms with Crippen LogP contribution >= 0.6 is 0 Å². The van der Waals surface area contributed by atoms with Crippen LogP contribution in [0, 0.1) is 5.92 Å². The van der Waals surface area contributed by atoms with Crippen molar-refractivity contribution in [1.29, 1.82) is 0 Å². The number of amides is 4. The minimum Gasteiger partial charge on any atom is -0.330 e. The number of hydrogen-bond acceptors (Lipinski definition) is 8. The van der Waals surface area contributed by atoms with Crippen molar-refractivity contribution in [3.8, 4) is 0 Å². The van der Waals surface area contributed by atoms with E-state index >= 15 is 0 Å². The first-order valence-electron chi connectivity index (χ1n) is 6.43. The second-order valence-electron chi connectivity index (χ2n) is 4.82. The number of carbonyl (C=O) groups is 6. The van der Waals surface area contributed by atoms with Gasteiger partial charge in [-0.15, -0.1) is 10.1 Å². The molecule has 0 aliphatic carbocycles. The van der Waals surface area contributed by atoms with E-state index < -0.39 is 47.9 Å². The molecule has 0 aromatic carbocycles. The maximum Gasteiger partial charge on any atom is 0.344 e. The molecule has 4 amide bonds. The van der Waals surface area contributed by atoms with Crippen LogP contribution in [0.15, 0.2) is 0 Å². The molecule has 0 bridgehead atoms. The molecule has 0 radical (unpaired) electrons. The number of rotatable bonds is 4. The normalized spacial score (nSPS) is 21.6. The van der Waals surface area contributed by atoms with E-state index in [1.165, 1.54) is 6.92 Å². The van der Waals surface area contributed by atoms with Gasteiger partial charge in [0.25, 0.3) is 23.6 Å². The lowest BCUT2D eigenvalue weighted by molar-refractivity contribution is -0.206. The third kappa shape index (κ3) is 3.10. The molecule has 22 heavy (non-hydrogen) atoms. The van der Waals surface area contributed by atoms with Crippen LogP contribution in [0.3, 0.4) is 0 Å². The zero-order chi connectivity index (χ0) is 16.4. The van der Waals surface area contributed by atoms with E-state index in [0.29, 0.717) is 5.06 Å². The molecule has 2 heterocycles. The Morgan fingerprint density at radius 1 is 0.955 bits per heavy atom. The van der Waals surface area contributed by atoms with Crippen molar-refractivity contribution in [3.63, 3.8) is 0 Å². The van der Waals surface area contributed by atoms with Gasteiger partial charge in [-0.2, -0.15) is 0 Å². The van der Waals surface area contributed by atoms with Crippen molar-refractivity contribution in [3.05, 3.63) is 0 Å². The maximum atomic E-state index is 11.5. The van der Waals surface area contributed by atoms with Crippen LogP contribution in [0.1, 0.15) is 32.6 Å². The van der Waals surface area contributed by atoms with Crippen molar-refractivity contribution >= 4 is 35.6 Å². The van der Waals surface area contributed by atoms with Crippen molar-refractivity contribution < 1.29 is 38.4 Å². The third-order valence-corrected chi connectivity index (χ3v) is 3.01. The topological polar surface area (TPSA) is 127 Å². The highest BCUT2D eigenvalue weighted by Gasteiger charge is 2.39. The summed E-state index contributed by atoms with van der Waals surface area (Å²) in [7, 11) is 0. The van der Waals surface area contributed by atoms with Gasteiger partial charge >= 0.3 is 11.9 Å². The number of imide groups is 2. The van der Waals surface area contributed by atoms with Crippen molar-refractivity contribution in [2.75, 3.05) is 0 Å². The molecule has 0 N–H and O–H groups in total. The average molecular weight is 312 g/mol. The molecule has 2 rings (SSSR count). The predicted octanol–water partition coefficient (Wildman–Crippen LogP) is -1.16. The first-order valence-corrected chi connectivity index (χ1v) is 6.43. The second-order valence-corrected chi connectivity index (χ2v) is 4.82. The molecule has 2 fully saturated rings. The number of carbonyl (C=O) groups excluding carboxylic acids is 6. The van der Waals surface area contributed by atoms with Crippen LogP contribution in [-0.2, 0) is 38.4 Å². The minimum atomic E-state index is -1.21. The molecule has 1 atom stereocenters. The van der Waals surface area contributed by atoms with Gasteiger partial charge in [-0.05, 0) is 0 Å². The summed E-state index contributed by atoms with van der Waals surface area (Å²) in [5.41, 5.74) is 0. The van der Waals surface area contributed by atoms with Crippen LogP contribution in [0.5, 0.6) is 0 Å². The zero-order valence-corrected chi connectivity index (χ0v) is 11.6. The highest BCUT2D eigenvalue weighted by molar-refractivity contribution is 6.04. The molecule has 2 aliphatic rings. The lowest BCUT2D eigenvalue weighted by Gasteiger charge is -2.14. The van der Waals surface area contributed by atoms with E-state index in [1.807, 2.05) is 0 Å². The van der Waals surface area contributed by atoms with Gasteiger partial charge in [0.15, 0.2) is 0 Å². The summed E-state index contributed by atoms with van der Waals surface area (Å²) in [5, 5.41) is 0.580. The molecule has 0 aromatic rings. The molecule has 0 spiro atoms.